The van der Waals surface area contributed by atoms with Gasteiger partial charge in [-0.3, -0.25) is 0 Å². The smallest absolute Gasteiger partial charge is 0.134 e. The van der Waals surface area contributed by atoms with Crippen LogP contribution in [0.4, 0.5) is 13.2 Å². The van der Waals surface area contributed by atoms with Gasteiger partial charge in [-0.05, 0) is 77.6 Å². The van der Waals surface area contributed by atoms with Crippen LogP contribution < -0.4 is 0 Å². The molecule has 1 nitrogen and oxygen atoms in total. The lowest BCUT2D eigenvalue weighted by atomic mass is 9.96. The molecule has 0 heterocycles. The van der Waals surface area contributed by atoms with E-state index >= 15 is 4.39 Å². The van der Waals surface area contributed by atoms with Crippen molar-refractivity contribution >= 4 is 10.8 Å². The fraction of sp³-hybridized carbons (Fsp3) is 0.214. The highest BCUT2D eigenvalue weighted by atomic mass is 19.1. The van der Waals surface area contributed by atoms with E-state index in [0.29, 0.717) is 36.0 Å². The van der Waals surface area contributed by atoms with Gasteiger partial charge in [-0.2, -0.15) is 0 Å². The monoisotopic (exact) mass is 434 g/mol. The van der Waals surface area contributed by atoms with E-state index in [-0.39, 0.29) is 17.5 Å². The Bertz CT molecular complexity index is 1220. The second-order valence-electron chi connectivity index (χ2n) is 8.01. The van der Waals surface area contributed by atoms with Crippen LogP contribution in [0.2, 0.25) is 0 Å². The van der Waals surface area contributed by atoms with Crippen LogP contribution in [0, 0.1) is 17.5 Å². The normalized spacial score (nSPS) is 11.2. The summed E-state index contributed by atoms with van der Waals surface area (Å²) < 4.78 is 48.0. The Morgan fingerprint density at radius 1 is 0.719 bits per heavy atom. The zero-order valence-corrected chi connectivity index (χ0v) is 18.0. The highest BCUT2D eigenvalue weighted by molar-refractivity contribution is 5.88. The Kier molecular flexibility index (Phi) is 6.91. The minimum atomic E-state index is -0.282. The summed E-state index contributed by atoms with van der Waals surface area (Å²) >= 11 is 0. The number of halogens is 3. The molecular weight excluding hydrogens is 409 g/mol. The van der Waals surface area contributed by atoms with Crippen LogP contribution in [-0.2, 0) is 24.0 Å². The molecule has 4 aromatic rings. The van der Waals surface area contributed by atoms with Gasteiger partial charge in [0.15, 0.2) is 0 Å². The van der Waals surface area contributed by atoms with Crippen molar-refractivity contribution in [2.75, 3.05) is 13.7 Å². The summed E-state index contributed by atoms with van der Waals surface area (Å²) in [6, 6.07) is 20.5. The number of benzene rings is 4. The van der Waals surface area contributed by atoms with Crippen molar-refractivity contribution in [1.82, 2.24) is 0 Å². The van der Waals surface area contributed by atoms with E-state index in [4.69, 9.17) is 4.74 Å². The largest absolute Gasteiger partial charge is 0.385 e. The molecule has 4 aromatic carbocycles. The van der Waals surface area contributed by atoms with E-state index in [2.05, 4.69) is 0 Å². The number of hydrogen-bond acceptors (Lipinski definition) is 1. The van der Waals surface area contributed by atoms with Gasteiger partial charge in [-0.25, -0.2) is 13.2 Å². The summed E-state index contributed by atoms with van der Waals surface area (Å²) in [5, 5.41) is 1.25. The molecule has 0 radical (unpaired) electrons. The Morgan fingerprint density at radius 3 is 2.25 bits per heavy atom. The minimum Gasteiger partial charge on any atom is -0.385 e. The molecule has 0 N–H and O–H groups in total. The molecule has 0 bridgehead atoms. The van der Waals surface area contributed by atoms with Crippen LogP contribution in [0.25, 0.3) is 21.9 Å². The third kappa shape index (κ3) is 5.03. The van der Waals surface area contributed by atoms with Crippen LogP contribution in [0.15, 0.2) is 72.8 Å². The van der Waals surface area contributed by atoms with E-state index in [0.717, 1.165) is 34.9 Å². The molecular formula is C28H25F3O. The number of hydrogen-bond donors (Lipinski definition) is 0. The Balaban J connectivity index is 1.54. The molecule has 164 valence electrons. The molecule has 32 heavy (non-hydrogen) atoms. The third-order valence-electron chi connectivity index (χ3n) is 5.79. The van der Waals surface area contributed by atoms with Crippen LogP contribution in [0.3, 0.4) is 0 Å². The molecule has 4 heteroatoms. The zero-order chi connectivity index (χ0) is 22.5. The predicted molar refractivity (Wildman–Crippen MR) is 123 cm³/mol. The molecule has 0 aliphatic heterocycles. The number of fused-ring (bicyclic) bond motifs is 1. The van der Waals surface area contributed by atoms with Crippen molar-refractivity contribution in [2.45, 2.75) is 25.7 Å². The second-order valence-corrected chi connectivity index (χ2v) is 8.01. The molecule has 0 amide bonds. The highest BCUT2D eigenvalue weighted by Crippen LogP contribution is 2.30. The molecule has 4 rings (SSSR count). The first-order valence-corrected chi connectivity index (χ1v) is 10.8. The van der Waals surface area contributed by atoms with E-state index in [1.807, 2.05) is 18.2 Å². The first-order valence-electron chi connectivity index (χ1n) is 10.8. The summed E-state index contributed by atoms with van der Waals surface area (Å²) in [6.07, 6.45) is 2.75. The maximum atomic E-state index is 15.1. The van der Waals surface area contributed by atoms with Crippen molar-refractivity contribution in [2.24, 2.45) is 0 Å². The van der Waals surface area contributed by atoms with Crippen LogP contribution in [-0.4, -0.2) is 13.7 Å². The van der Waals surface area contributed by atoms with E-state index in [1.165, 1.54) is 12.1 Å². The fourth-order valence-electron chi connectivity index (χ4n) is 4.00. The summed E-state index contributed by atoms with van der Waals surface area (Å²) in [7, 11) is 1.65. The molecule has 0 saturated heterocycles. The van der Waals surface area contributed by atoms with Crippen molar-refractivity contribution < 1.29 is 17.9 Å². The molecule has 0 fully saturated rings. The summed E-state index contributed by atoms with van der Waals surface area (Å²) in [6.45, 7) is 0.644. The quantitative estimate of drug-likeness (QED) is 0.265. The van der Waals surface area contributed by atoms with Gasteiger partial charge in [-0.1, -0.05) is 48.5 Å². The molecule has 0 saturated carbocycles. The Morgan fingerprint density at radius 2 is 1.50 bits per heavy atom. The van der Waals surface area contributed by atoms with E-state index < -0.39 is 0 Å². The van der Waals surface area contributed by atoms with Gasteiger partial charge >= 0.3 is 0 Å². The van der Waals surface area contributed by atoms with E-state index in [1.54, 1.807) is 49.6 Å². The zero-order valence-electron chi connectivity index (χ0n) is 18.0. The molecule has 0 unspecified atom stereocenters. The minimum absolute atomic E-state index is 0.259. The van der Waals surface area contributed by atoms with Gasteiger partial charge in [0.25, 0.3) is 0 Å². The molecule has 0 aliphatic rings. The second kappa shape index (κ2) is 10.0. The maximum Gasteiger partial charge on any atom is 0.134 e. The number of rotatable bonds is 8. The maximum absolute atomic E-state index is 15.1. The van der Waals surface area contributed by atoms with Gasteiger partial charge in [0.2, 0.25) is 0 Å². The van der Waals surface area contributed by atoms with Crippen LogP contribution in [0.1, 0.15) is 23.1 Å². The van der Waals surface area contributed by atoms with Crippen LogP contribution in [0.5, 0.6) is 0 Å². The topological polar surface area (TPSA) is 9.23 Å². The van der Waals surface area contributed by atoms with Crippen molar-refractivity contribution in [3.63, 3.8) is 0 Å². The lowest BCUT2D eigenvalue weighted by molar-refractivity contribution is 0.195. The molecule has 0 aromatic heterocycles. The van der Waals surface area contributed by atoms with Crippen molar-refractivity contribution in [3.8, 4) is 11.1 Å². The predicted octanol–water partition coefficient (Wildman–Crippen LogP) is 7.29. The first-order chi connectivity index (χ1) is 15.5. The lowest BCUT2D eigenvalue weighted by Gasteiger charge is -2.10. The summed E-state index contributed by atoms with van der Waals surface area (Å²) in [5.74, 6) is -0.820. The standard InChI is InChI=1S/C28H25F3O/c1-32-16-2-3-20-7-14-25(27(30)17-20)22-11-15-26-23(18-22)10-9-21(28(26)31)8-4-19-5-12-24(29)13-6-19/h5-7,9-15,17-18H,2-4,8,16H2,1H3. The van der Waals surface area contributed by atoms with Gasteiger partial charge in [0.1, 0.15) is 17.5 Å². The average Bonchev–Trinajstić information content (AvgIpc) is 2.80. The summed E-state index contributed by atoms with van der Waals surface area (Å²) in [4.78, 5) is 0. The highest BCUT2D eigenvalue weighted by Gasteiger charge is 2.11. The van der Waals surface area contributed by atoms with Gasteiger partial charge in [0.05, 0.1) is 0 Å². The number of ether oxygens (including phenoxy) is 1. The van der Waals surface area contributed by atoms with E-state index in [9.17, 15) is 8.78 Å². The van der Waals surface area contributed by atoms with Crippen LogP contribution >= 0.6 is 0 Å². The van der Waals surface area contributed by atoms with Gasteiger partial charge < -0.3 is 4.74 Å². The number of methoxy groups -OCH3 is 1. The molecule has 0 spiro atoms. The SMILES string of the molecule is COCCCc1ccc(-c2ccc3c(F)c(CCc4ccc(F)cc4)ccc3c2)c(F)c1. The average molecular weight is 435 g/mol. The fourth-order valence-corrected chi connectivity index (χ4v) is 4.00. The van der Waals surface area contributed by atoms with Crippen molar-refractivity contribution in [1.29, 1.82) is 0 Å². The molecule has 0 atom stereocenters. The third-order valence-corrected chi connectivity index (χ3v) is 5.79. The Labute approximate surface area is 186 Å². The lowest BCUT2D eigenvalue weighted by Crippen LogP contribution is -1.97. The van der Waals surface area contributed by atoms with Gasteiger partial charge in [0, 0.05) is 24.7 Å². The Hall–Kier alpha value is -3.11. The van der Waals surface area contributed by atoms with Crippen molar-refractivity contribution in [3.05, 3.63) is 107 Å². The summed E-state index contributed by atoms with van der Waals surface area (Å²) in [5.41, 5.74) is 3.73. The van der Waals surface area contributed by atoms with Gasteiger partial charge in [-0.15, -0.1) is 0 Å². The number of aryl methyl sites for hydroxylation is 3. The molecule has 0 aliphatic carbocycles. The first kappa shape index (κ1) is 22.1.